The first-order valence-corrected chi connectivity index (χ1v) is 11.6. The fourth-order valence-corrected chi connectivity index (χ4v) is 4.04. The standard InChI is InChI=1S/C28H31ClN2O2/c1-20(2)30-28(33)26(17-22-11-5-4-6-12-22)31(19-24-14-8-7-10-21(24)3)27(32)18-23-13-9-15-25(29)16-23/h4-16,20,26H,17-19H2,1-3H3,(H,30,33). The molecule has 0 aliphatic carbocycles. The summed E-state index contributed by atoms with van der Waals surface area (Å²) in [4.78, 5) is 28.7. The van der Waals surface area contributed by atoms with Crippen molar-refractivity contribution < 1.29 is 9.59 Å². The number of carbonyl (C=O) groups excluding carboxylic acids is 2. The first-order chi connectivity index (χ1) is 15.8. The third-order valence-electron chi connectivity index (χ3n) is 5.55. The van der Waals surface area contributed by atoms with Crippen LogP contribution in [0.4, 0.5) is 0 Å². The predicted molar refractivity (Wildman–Crippen MR) is 134 cm³/mol. The van der Waals surface area contributed by atoms with Crippen LogP contribution < -0.4 is 5.32 Å². The van der Waals surface area contributed by atoms with Gasteiger partial charge in [0.05, 0.1) is 6.42 Å². The third-order valence-corrected chi connectivity index (χ3v) is 5.78. The summed E-state index contributed by atoms with van der Waals surface area (Å²) in [5.41, 5.74) is 3.94. The lowest BCUT2D eigenvalue weighted by molar-refractivity contribution is -0.141. The minimum Gasteiger partial charge on any atom is -0.352 e. The number of hydrogen-bond acceptors (Lipinski definition) is 2. The lowest BCUT2D eigenvalue weighted by Crippen LogP contribution is -2.52. The molecule has 3 aromatic rings. The van der Waals surface area contributed by atoms with E-state index in [0.29, 0.717) is 18.0 Å². The van der Waals surface area contributed by atoms with Crippen molar-refractivity contribution in [2.45, 2.75) is 52.2 Å². The van der Waals surface area contributed by atoms with E-state index in [-0.39, 0.29) is 24.3 Å². The quantitative estimate of drug-likeness (QED) is 0.465. The van der Waals surface area contributed by atoms with Crippen LogP contribution in [0, 0.1) is 6.92 Å². The van der Waals surface area contributed by atoms with Crippen LogP contribution in [0.3, 0.4) is 0 Å². The van der Waals surface area contributed by atoms with Crippen molar-refractivity contribution in [1.29, 1.82) is 0 Å². The van der Waals surface area contributed by atoms with E-state index >= 15 is 0 Å². The lowest BCUT2D eigenvalue weighted by atomic mass is 10.00. The van der Waals surface area contributed by atoms with Crippen LogP contribution in [0.25, 0.3) is 0 Å². The van der Waals surface area contributed by atoms with Crippen molar-refractivity contribution in [3.8, 4) is 0 Å². The van der Waals surface area contributed by atoms with E-state index < -0.39 is 6.04 Å². The van der Waals surface area contributed by atoms with Crippen LogP contribution >= 0.6 is 11.6 Å². The summed E-state index contributed by atoms with van der Waals surface area (Å²) in [6.45, 7) is 6.23. The molecule has 0 radical (unpaired) electrons. The molecule has 1 N–H and O–H groups in total. The van der Waals surface area contributed by atoms with Gasteiger partial charge in [0, 0.05) is 24.0 Å². The minimum absolute atomic E-state index is 0.0286. The molecule has 2 amide bonds. The highest BCUT2D eigenvalue weighted by molar-refractivity contribution is 6.30. The number of aryl methyl sites for hydroxylation is 1. The molecule has 1 atom stereocenters. The van der Waals surface area contributed by atoms with Gasteiger partial charge in [-0.25, -0.2) is 0 Å². The maximum Gasteiger partial charge on any atom is 0.243 e. The molecule has 3 rings (SSSR count). The molecule has 1 unspecified atom stereocenters. The molecule has 0 heterocycles. The largest absolute Gasteiger partial charge is 0.352 e. The summed E-state index contributed by atoms with van der Waals surface area (Å²) >= 11 is 6.15. The van der Waals surface area contributed by atoms with Crippen molar-refractivity contribution >= 4 is 23.4 Å². The van der Waals surface area contributed by atoms with Crippen LogP contribution in [0.1, 0.15) is 36.1 Å². The van der Waals surface area contributed by atoms with E-state index in [9.17, 15) is 9.59 Å². The molecule has 0 bridgehead atoms. The molecule has 5 heteroatoms. The maximum absolute atomic E-state index is 13.7. The monoisotopic (exact) mass is 462 g/mol. The Balaban J connectivity index is 1.98. The maximum atomic E-state index is 13.7. The molecule has 4 nitrogen and oxygen atoms in total. The van der Waals surface area contributed by atoms with Crippen molar-refractivity contribution in [3.63, 3.8) is 0 Å². The van der Waals surface area contributed by atoms with Crippen LogP contribution in [-0.4, -0.2) is 28.8 Å². The van der Waals surface area contributed by atoms with E-state index in [1.54, 1.807) is 17.0 Å². The third kappa shape index (κ3) is 7.19. The van der Waals surface area contributed by atoms with Gasteiger partial charge < -0.3 is 10.2 Å². The Labute approximate surface area is 201 Å². The molecule has 3 aromatic carbocycles. The van der Waals surface area contributed by atoms with Gasteiger partial charge in [-0.15, -0.1) is 0 Å². The number of rotatable bonds is 9. The summed E-state index contributed by atoms with van der Waals surface area (Å²) in [6, 6.07) is 24.4. The summed E-state index contributed by atoms with van der Waals surface area (Å²) in [6.07, 6.45) is 0.610. The Bertz CT molecular complexity index is 1080. The SMILES string of the molecule is Cc1ccccc1CN(C(=O)Cc1cccc(Cl)c1)C(Cc1ccccc1)C(=O)NC(C)C. The summed E-state index contributed by atoms with van der Waals surface area (Å²) in [5.74, 6) is -0.262. The normalized spacial score (nSPS) is 11.8. The molecular formula is C28H31ClN2O2. The number of carbonyl (C=O) groups is 2. The topological polar surface area (TPSA) is 49.4 Å². The van der Waals surface area contributed by atoms with E-state index in [2.05, 4.69) is 5.32 Å². The van der Waals surface area contributed by atoms with Crippen LogP contribution in [0.15, 0.2) is 78.9 Å². The number of nitrogens with zero attached hydrogens (tertiary/aromatic N) is 1. The molecule has 0 saturated heterocycles. The number of amides is 2. The molecule has 0 aliphatic rings. The molecule has 0 spiro atoms. The smallest absolute Gasteiger partial charge is 0.243 e. The zero-order chi connectivity index (χ0) is 23.8. The van der Waals surface area contributed by atoms with E-state index in [1.165, 1.54) is 0 Å². The van der Waals surface area contributed by atoms with Crippen molar-refractivity contribution in [2.24, 2.45) is 0 Å². The summed E-state index contributed by atoms with van der Waals surface area (Å²) < 4.78 is 0. The minimum atomic E-state index is -0.638. The van der Waals surface area contributed by atoms with E-state index in [4.69, 9.17) is 11.6 Å². The second-order valence-electron chi connectivity index (χ2n) is 8.62. The van der Waals surface area contributed by atoms with Gasteiger partial charge in [-0.05, 0) is 55.2 Å². The van der Waals surface area contributed by atoms with Gasteiger partial charge in [0.25, 0.3) is 0 Å². The van der Waals surface area contributed by atoms with Crippen LogP contribution in [0.5, 0.6) is 0 Å². The fraction of sp³-hybridized carbons (Fsp3) is 0.286. The molecule has 33 heavy (non-hydrogen) atoms. The van der Waals surface area contributed by atoms with Gasteiger partial charge in [-0.2, -0.15) is 0 Å². The lowest BCUT2D eigenvalue weighted by Gasteiger charge is -2.32. The number of halogens is 1. The Morgan fingerprint density at radius 3 is 2.24 bits per heavy atom. The number of hydrogen-bond donors (Lipinski definition) is 1. The fourth-order valence-electron chi connectivity index (χ4n) is 3.83. The van der Waals surface area contributed by atoms with Crippen LogP contribution in [-0.2, 0) is 29.0 Å². The highest BCUT2D eigenvalue weighted by Crippen LogP contribution is 2.19. The van der Waals surface area contributed by atoms with Gasteiger partial charge >= 0.3 is 0 Å². The van der Waals surface area contributed by atoms with Crippen molar-refractivity contribution in [2.75, 3.05) is 0 Å². The van der Waals surface area contributed by atoms with Gasteiger partial charge in [-0.1, -0.05) is 78.3 Å². The molecule has 0 aliphatic heterocycles. The zero-order valence-corrected chi connectivity index (χ0v) is 20.2. The molecule has 0 saturated carbocycles. The molecular weight excluding hydrogens is 432 g/mol. The first-order valence-electron chi connectivity index (χ1n) is 11.3. The zero-order valence-electron chi connectivity index (χ0n) is 19.4. The highest BCUT2D eigenvalue weighted by atomic mass is 35.5. The van der Waals surface area contributed by atoms with Crippen LogP contribution in [0.2, 0.25) is 5.02 Å². The summed E-state index contributed by atoms with van der Waals surface area (Å²) in [5, 5.41) is 3.61. The van der Waals surface area contributed by atoms with E-state index in [1.807, 2.05) is 87.5 Å². The Kier molecular flexibility index (Phi) is 8.67. The van der Waals surface area contributed by atoms with Gasteiger partial charge in [0.2, 0.25) is 11.8 Å². The van der Waals surface area contributed by atoms with Crippen molar-refractivity contribution in [3.05, 3.63) is 106 Å². The van der Waals surface area contributed by atoms with E-state index in [0.717, 1.165) is 22.3 Å². The Morgan fingerprint density at radius 2 is 1.58 bits per heavy atom. The second-order valence-corrected chi connectivity index (χ2v) is 9.06. The molecule has 172 valence electrons. The second kappa shape index (κ2) is 11.7. The Hall–Kier alpha value is -3.11. The van der Waals surface area contributed by atoms with Gasteiger partial charge in [-0.3, -0.25) is 9.59 Å². The summed E-state index contributed by atoms with van der Waals surface area (Å²) in [7, 11) is 0. The molecule has 0 aromatic heterocycles. The Morgan fingerprint density at radius 1 is 0.909 bits per heavy atom. The highest BCUT2D eigenvalue weighted by Gasteiger charge is 2.31. The van der Waals surface area contributed by atoms with Gasteiger partial charge in [0.15, 0.2) is 0 Å². The number of benzene rings is 3. The average Bonchev–Trinajstić information content (AvgIpc) is 2.77. The predicted octanol–water partition coefficient (Wildman–Crippen LogP) is 5.36. The van der Waals surface area contributed by atoms with Gasteiger partial charge in [0.1, 0.15) is 6.04 Å². The first kappa shape index (κ1) is 24.5. The molecule has 0 fully saturated rings. The average molecular weight is 463 g/mol. The number of nitrogens with one attached hydrogen (secondary N) is 1. The van der Waals surface area contributed by atoms with Crippen molar-refractivity contribution in [1.82, 2.24) is 10.2 Å².